The molecule has 0 amide bonds. The van der Waals surface area contributed by atoms with Crippen molar-refractivity contribution in [1.29, 1.82) is 0 Å². The van der Waals surface area contributed by atoms with E-state index in [1.54, 1.807) is 13.0 Å². The van der Waals surface area contributed by atoms with Gasteiger partial charge in [0.05, 0.1) is 5.56 Å². The topological polar surface area (TPSA) is 48.8 Å². The molecule has 0 saturated heterocycles. The van der Waals surface area contributed by atoms with Crippen molar-refractivity contribution in [2.45, 2.75) is 25.6 Å². The van der Waals surface area contributed by atoms with Gasteiger partial charge in [-0.2, -0.15) is 13.2 Å². The van der Waals surface area contributed by atoms with Gasteiger partial charge in [0.2, 0.25) is 0 Å². The second kappa shape index (κ2) is 4.90. The van der Waals surface area contributed by atoms with Crippen LogP contribution in [-0.4, -0.2) is 6.04 Å². The molecule has 86 valence electrons. The highest BCUT2D eigenvalue weighted by Crippen LogP contribution is 2.29. The molecule has 1 atom stereocenters. The lowest BCUT2D eigenvalue weighted by molar-refractivity contribution is -0.137. The van der Waals surface area contributed by atoms with E-state index in [1.165, 1.54) is 6.07 Å². The third-order valence-electron chi connectivity index (χ3n) is 2.03. The summed E-state index contributed by atoms with van der Waals surface area (Å²) < 4.78 is 37.1. The van der Waals surface area contributed by atoms with Gasteiger partial charge in [0.1, 0.15) is 0 Å². The summed E-state index contributed by atoms with van der Waals surface area (Å²) in [6.45, 7) is 1.65. The lowest BCUT2D eigenvalue weighted by atomic mass is 10.0. The average molecular weight is 229 g/mol. The molecule has 1 aromatic carbocycles. The monoisotopic (exact) mass is 229 g/mol. The van der Waals surface area contributed by atoms with Gasteiger partial charge in [0.25, 0.3) is 0 Å². The van der Waals surface area contributed by atoms with E-state index in [0.29, 0.717) is 12.0 Å². The Balaban J connectivity index is 2.87. The standard InChI is InChI=1S/C10H10F3N3/c1-7(15-16-14)5-8-3-2-4-9(6-8)10(11,12)13/h2-4,6-7H,5H2,1H3/t7-/m0/s1. The summed E-state index contributed by atoms with van der Waals surface area (Å²) >= 11 is 0. The van der Waals surface area contributed by atoms with E-state index in [4.69, 9.17) is 5.53 Å². The first-order valence-corrected chi connectivity index (χ1v) is 4.64. The molecule has 3 nitrogen and oxygen atoms in total. The number of benzene rings is 1. The molecule has 0 heterocycles. The van der Waals surface area contributed by atoms with Crippen molar-refractivity contribution in [3.8, 4) is 0 Å². The van der Waals surface area contributed by atoms with Crippen molar-refractivity contribution in [2.24, 2.45) is 5.11 Å². The van der Waals surface area contributed by atoms with Crippen molar-refractivity contribution < 1.29 is 13.2 Å². The maximum atomic E-state index is 12.4. The van der Waals surface area contributed by atoms with Crippen LogP contribution in [0.15, 0.2) is 29.4 Å². The Morgan fingerprint density at radius 3 is 2.69 bits per heavy atom. The van der Waals surface area contributed by atoms with E-state index in [0.717, 1.165) is 12.1 Å². The molecule has 0 aromatic heterocycles. The van der Waals surface area contributed by atoms with Crippen molar-refractivity contribution in [2.75, 3.05) is 0 Å². The molecule has 0 unspecified atom stereocenters. The molecule has 0 bridgehead atoms. The van der Waals surface area contributed by atoms with Crippen LogP contribution in [-0.2, 0) is 12.6 Å². The van der Waals surface area contributed by atoms with Gasteiger partial charge in [-0.3, -0.25) is 0 Å². The number of rotatable bonds is 3. The minimum absolute atomic E-state index is 0.300. The van der Waals surface area contributed by atoms with E-state index >= 15 is 0 Å². The van der Waals surface area contributed by atoms with Gasteiger partial charge in [-0.25, -0.2) is 0 Å². The van der Waals surface area contributed by atoms with Crippen LogP contribution >= 0.6 is 0 Å². The number of azide groups is 1. The van der Waals surface area contributed by atoms with Crippen LogP contribution in [0.4, 0.5) is 13.2 Å². The van der Waals surface area contributed by atoms with Gasteiger partial charge in [0.15, 0.2) is 0 Å². The Morgan fingerprint density at radius 2 is 2.12 bits per heavy atom. The zero-order chi connectivity index (χ0) is 12.2. The van der Waals surface area contributed by atoms with Crippen molar-refractivity contribution in [3.63, 3.8) is 0 Å². The Bertz CT molecular complexity index is 408. The molecule has 0 spiro atoms. The SMILES string of the molecule is C[C@@H](Cc1cccc(C(F)(F)F)c1)N=[N+]=[N-]. The number of halogens is 3. The van der Waals surface area contributed by atoms with E-state index in [-0.39, 0.29) is 6.04 Å². The summed E-state index contributed by atoms with van der Waals surface area (Å²) in [5.74, 6) is 0. The number of nitrogens with zero attached hydrogens (tertiary/aromatic N) is 3. The van der Waals surface area contributed by atoms with Gasteiger partial charge in [-0.05, 0) is 23.6 Å². The summed E-state index contributed by atoms with van der Waals surface area (Å²) in [5.41, 5.74) is 8.00. The van der Waals surface area contributed by atoms with Crippen LogP contribution in [0, 0.1) is 0 Å². The molecule has 0 fully saturated rings. The third-order valence-corrected chi connectivity index (χ3v) is 2.03. The van der Waals surface area contributed by atoms with Gasteiger partial charge >= 0.3 is 6.18 Å². The summed E-state index contributed by atoms with van der Waals surface area (Å²) in [6, 6.07) is 4.67. The lowest BCUT2D eigenvalue weighted by Crippen LogP contribution is -2.07. The summed E-state index contributed by atoms with van der Waals surface area (Å²) in [7, 11) is 0. The molecule has 6 heteroatoms. The molecule has 1 aromatic rings. The Morgan fingerprint density at radius 1 is 1.44 bits per heavy atom. The maximum Gasteiger partial charge on any atom is 0.416 e. The predicted octanol–water partition coefficient (Wildman–Crippen LogP) is 3.95. The molecule has 0 saturated carbocycles. The Kier molecular flexibility index (Phi) is 3.79. The minimum atomic E-state index is -4.34. The fourth-order valence-corrected chi connectivity index (χ4v) is 1.34. The Hall–Kier alpha value is -1.68. The highest BCUT2D eigenvalue weighted by atomic mass is 19.4. The fraction of sp³-hybridized carbons (Fsp3) is 0.400. The van der Waals surface area contributed by atoms with Crippen molar-refractivity contribution in [1.82, 2.24) is 0 Å². The van der Waals surface area contributed by atoms with Crippen LogP contribution in [0.3, 0.4) is 0 Å². The van der Waals surface area contributed by atoms with Crippen LogP contribution < -0.4 is 0 Å². The molecule has 0 aliphatic carbocycles. The lowest BCUT2D eigenvalue weighted by Gasteiger charge is -2.09. The van der Waals surface area contributed by atoms with Gasteiger partial charge in [-0.1, -0.05) is 30.2 Å². The second-order valence-electron chi connectivity index (χ2n) is 3.46. The molecule has 1 rings (SSSR count). The molecule has 0 aliphatic heterocycles. The molecule has 0 aliphatic rings. The summed E-state index contributed by atoms with van der Waals surface area (Å²) in [6.07, 6.45) is -4.04. The normalized spacial score (nSPS) is 13.0. The average Bonchev–Trinajstić information content (AvgIpc) is 2.17. The largest absolute Gasteiger partial charge is 0.416 e. The third kappa shape index (κ3) is 3.47. The van der Waals surface area contributed by atoms with Crippen LogP contribution in [0.25, 0.3) is 10.4 Å². The minimum Gasteiger partial charge on any atom is -0.166 e. The summed E-state index contributed by atoms with van der Waals surface area (Å²) in [5, 5.41) is 3.41. The Labute approximate surface area is 90.5 Å². The smallest absolute Gasteiger partial charge is 0.166 e. The van der Waals surface area contributed by atoms with Gasteiger partial charge < -0.3 is 0 Å². The van der Waals surface area contributed by atoms with Gasteiger partial charge in [0, 0.05) is 11.0 Å². The number of hydrogen-bond acceptors (Lipinski definition) is 1. The first-order valence-electron chi connectivity index (χ1n) is 4.64. The second-order valence-corrected chi connectivity index (χ2v) is 3.46. The zero-order valence-corrected chi connectivity index (χ0v) is 8.57. The van der Waals surface area contributed by atoms with Crippen molar-refractivity contribution in [3.05, 3.63) is 45.8 Å². The molecular weight excluding hydrogens is 219 g/mol. The quantitative estimate of drug-likeness (QED) is 0.428. The maximum absolute atomic E-state index is 12.4. The zero-order valence-electron chi connectivity index (χ0n) is 8.57. The van der Waals surface area contributed by atoms with Crippen LogP contribution in [0.2, 0.25) is 0 Å². The number of alkyl halides is 3. The highest BCUT2D eigenvalue weighted by molar-refractivity contribution is 5.26. The molecule has 16 heavy (non-hydrogen) atoms. The van der Waals surface area contributed by atoms with E-state index in [9.17, 15) is 13.2 Å². The molecule has 0 N–H and O–H groups in total. The number of hydrogen-bond donors (Lipinski definition) is 0. The van der Waals surface area contributed by atoms with Crippen LogP contribution in [0.1, 0.15) is 18.1 Å². The fourth-order valence-electron chi connectivity index (χ4n) is 1.34. The molecule has 0 radical (unpaired) electrons. The first kappa shape index (κ1) is 12.4. The summed E-state index contributed by atoms with van der Waals surface area (Å²) in [4.78, 5) is 2.61. The van der Waals surface area contributed by atoms with Crippen molar-refractivity contribution >= 4 is 0 Å². The predicted molar refractivity (Wildman–Crippen MR) is 53.8 cm³/mol. The van der Waals surface area contributed by atoms with E-state index in [1.807, 2.05) is 0 Å². The van der Waals surface area contributed by atoms with Crippen LogP contribution in [0.5, 0.6) is 0 Å². The first-order chi connectivity index (χ1) is 7.43. The van der Waals surface area contributed by atoms with E-state index < -0.39 is 11.7 Å². The highest BCUT2D eigenvalue weighted by Gasteiger charge is 2.30. The van der Waals surface area contributed by atoms with Gasteiger partial charge in [-0.15, -0.1) is 0 Å². The molecular formula is C10H10F3N3. The van der Waals surface area contributed by atoms with E-state index in [2.05, 4.69) is 10.0 Å².